The van der Waals surface area contributed by atoms with Crippen LogP contribution in [0, 0.1) is 0 Å². The van der Waals surface area contributed by atoms with Gasteiger partial charge >= 0.3 is 18.1 Å². The second-order valence-corrected chi connectivity index (χ2v) is 4.37. The van der Waals surface area contributed by atoms with Gasteiger partial charge in [0.05, 0.1) is 11.9 Å². The van der Waals surface area contributed by atoms with Crippen LogP contribution in [0.3, 0.4) is 0 Å². The average Bonchev–Trinajstić information content (AvgIpc) is 2.82. The summed E-state index contributed by atoms with van der Waals surface area (Å²) in [6.45, 7) is -0.111. The molecular weight excluding hydrogens is 305 g/mol. The summed E-state index contributed by atoms with van der Waals surface area (Å²) in [6.07, 6.45) is -3.44. The van der Waals surface area contributed by atoms with Gasteiger partial charge in [0, 0.05) is 6.54 Å². The number of hydrogen-bond donors (Lipinski definition) is 2. The fourth-order valence-corrected chi connectivity index (χ4v) is 1.88. The van der Waals surface area contributed by atoms with Crippen LogP contribution in [0.1, 0.15) is 32.1 Å². The Balaban J connectivity index is 2.32. The highest BCUT2D eigenvalue weighted by molar-refractivity contribution is 5.99. The molecular formula is C13H9F3N2O4. The second kappa shape index (κ2) is 5.51. The van der Waals surface area contributed by atoms with Gasteiger partial charge in [0.1, 0.15) is 0 Å². The van der Waals surface area contributed by atoms with Crippen LogP contribution in [0.5, 0.6) is 0 Å². The summed E-state index contributed by atoms with van der Waals surface area (Å²) in [5.41, 5.74) is -1.61. The lowest BCUT2D eigenvalue weighted by Gasteiger charge is -2.09. The van der Waals surface area contributed by atoms with E-state index in [0.29, 0.717) is 5.56 Å². The smallest absolute Gasteiger partial charge is 0.416 e. The van der Waals surface area contributed by atoms with Gasteiger partial charge in [-0.25, -0.2) is 14.6 Å². The van der Waals surface area contributed by atoms with Gasteiger partial charge in [-0.05, 0) is 17.7 Å². The molecule has 0 spiro atoms. The minimum atomic E-state index is -4.46. The number of aromatic carboxylic acids is 2. The van der Waals surface area contributed by atoms with E-state index >= 15 is 0 Å². The Labute approximate surface area is 121 Å². The molecule has 0 amide bonds. The van der Waals surface area contributed by atoms with E-state index in [-0.39, 0.29) is 6.54 Å². The summed E-state index contributed by atoms with van der Waals surface area (Å²) in [5, 5.41) is 17.9. The first-order chi connectivity index (χ1) is 10.2. The molecule has 0 radical (unpaired) electrons. The molecule has 2 aromatic rings. The van der Waals surface area contributed by atoms with Crippen LogP contribution >= 0.6 is 0 Å². The van der Waals surface area contributed by atoms with Crippen molar-refractivity contribution in [2.24, 2.45) is 0 Å². The molecule has 1 aromatic carbocycles. The van der Waals surface area contributed by atoms with Crippen LogP contribution in [0.4, 0.5) is 13.2 Å². The maximum atomic E-state index is 12.5. The maximum absolute atomic E-state index is 12.5. The van der Waals surface area contributed by atoms with Crippen molar-refractivity contribution in [3.63, 3.8) is 0 Å². The molecule has 1 aromatic heterocycles. The Bertz CT molecular complexity index is 720. The standard InChI is InChI=1S/C13H9F3N2O4/c14-13(15,16)8-3-1-7(2-4-8)5-18-6-17-9(11(19)20)10(18)12(21)22/h1-4,6H,5H2,(H,19,20)(H,21,22). The molecule has 6 nitrogen and oxygen atoms in total. The van der Waals surface area contributed by atoms with Crippen LogP contribution in [0.2, 0.25) is 0 Å². The first-order valence-electron chi connectivity index (χ1n) is 5.88. The molecule has 0 fully saturated rings. The molecule has 22 heavy (non-hydrogen) atoms. The summed E-state index contributed by atoms with van der Waals surface area (Å²) in [4.78, 5) is 25.5. The van der Waals surface area contributed by atoms with Gasteiger partial charge in [0.2, 0.25) is 0 Å². The molecule has 0 bridgehead atoms. The molecule has 0 saturated heterocycles. The number of hydrogen-bond acceptors (Lipinski definition) is 3. The van der Waals surface area contributed by atoms with Crippen molar-refractivity contribution in [2.75, 3.05) is 0 Å². The maximum Gasteiger partial charge on any atom is 0.416 e. The Morgan fingerprint density at radius 3 is 2.14 bits per heavy atom. The predicted octanol–water partition coefficient (Wildman–Crippen LogP) is 2.35. The van der Waals surface area contributed by atoms with Gasteiger partial charge in [0.15, 0.2) is 11.4 Å². The van der Waals surface area contributed by atoms with Crippen LogP contribution in [-0.2, 0) is 12.7 Å². The fraction of sp³-hybridized carbons (Fsp3) is 0.154. The van der Waals surface area contributed by atoms with Crippen molar-refractivity contribution in [2.45, 2.75) is 12.7 Å². The Morgan fingerprint density at radius 1 is 1.09 bits per heavy atom. The van der Waals surface area contributed by atoms with E-state index < -0.39 is 35.1 Å². The van der Waals surface area contributed by atoms with E-state index in [2.05, 4.69) is 4.98 Å². The van der Waals surface area contributed by atoms with Crippen molar-refractivity contribution in [1.29, 1.82) is 0 Å². The van der Waals surface area contributed by atoms with E-state index in [1.165, 1.54) is 12.1 Å². The lowest BCUT2D eigenvalue weighted by Crippen LogP contribution is -2.13. The third-order valence-corrected chi connectivity index (χ3v) is 2.88. The van der Waals surface area contributed by atoms with E-state index in [4.69, 9.17) is 10.2 Å². The SMILES string of the molecule is O=C(O)c1ncn(Cc2ccc(C(F)(F)F)cc2)c1C(=O)O. The molecule has 2 rings (SSSR count). The molecule has 0 aliphatic rings. The van der Waals surface area contributed by atoms with Crippen LogP contribution in [-0.4, -0.2) is 31.7 Å². The van der Waals surface area contributed by atoms with Gasteiger partial charge < -0.3 is 14.8 Å². The highest BCUT2D eigenvalue weighted by atomic mass is 19.4. The van der Waals surface area contributed by atoms with Gasteiger partial charge in [-0.2, -0.15) is 13.2 Å². The molecule has 0 unspecified atom stereocenters. The third-order valence-electron chi connectivity index (χ3n) is 2.88. The normalized spacial score (nSPS) is 11.4. The minimum absolute atomic E-state index is 0.111. The van der Waals surface area contributed by atoms with Crippen molar-refractivity contribution in [3.8, 4) is 0 Å². The zero-order valence-electron chi connectivity index (χ0n) is 10.8. The molecule has 116 valence electrons. The summed E-state index contributed by atoms with van der Waals surface area (Å²) in [5.74, 6) is -2.98. The van der Waals surface area contributed by atoms with Crippen molar-refractivity contribution < 1.29 is 33.0 Å². The number of aromatic nitrogens is 2. The monoisotopic (exact) mass is 314 g/mol. The zero-order chi connectivity index (χ0) is 16.5. The summed E-state index contributed by atoms with van der Waals surface area (Å²) in [6, 6.07) is 4.11. The van der Waals surface area contributed by atoms with Gasteiger partial charge in [-0.3, -0.25) is 0 Å². The van der Waals surface area contributed by atoms with E-state index in [1.54, 1.807) is 0 Å². The number of nitrogens with zero attached hydrogens (tertiary/aromatic N) is 2. The lowest BCUT2D eigenvalue weighted by molar-refractivity contribution is -0.137. The second-order valence-electron chi connectivity index (χ2n) is 4.37. The highest BCUT2D eigenvalue weighted by Crippen LogP contribution is 2.29. The quantitative estimate of drug-likeness (QED) is 0.903. The Morgan fingerprint density at radius 2 is 1.68 bits per heavy atom. The van der Waals surface area contributed by atoms with Crippen molar-refractivity contribution in [1.82, 2.24) is 9.55 Å². The van der Waals surface area contributed by atoms with E-state index in [9.17, 15) is 22.8 Å². The van der Waals surface area contributed by atoms with Gasteiger partial charge in [-0.1, -0.05) is 12.1 Å². The molecule has 0 saturated carbocycles. The Hall–Kier alpha value is -2.84. The number of alkyl halides is 3. The van der Waals surface area contributed by atoms with Crippen LogP contribution in [0.25, 0.3) is 0 Å². The molecule has 2 N–H and O–H groups in total. The average molecular weight is 314 g/mol. The topological polar surface area (TPSA) is 92.4 Å². The number of carbonyl (C=O) groups is 2. The summed E-state index contributed by atoms with van der Waals surface area (Å²) >= 11 is 0. The largest absolute Gasteiger partial charge is 0.476 e. The first kappa shape index (κ1) is 15.5. The van der Waals surface area contributed by atoms with E-state index in [1.807, 2.05) is 0 Å². The number of benzene rings is 1. The number of halogens is 3. The Kier molecular flexibility index (Phi) is 3.89. The zero-order valence-corrected chi connectivity index (χ0v) is 10.8. The number of rotatable bonds is 4. The first-order valence-corrected chi connectivity index (χ1v) is 5.88. The molecule has 0 atom stereocenters. The van der Waals surface area contributed by atoms with Gasteiger partial charge in [0.25, 0.3) is 0 Å². The molecule has 9 heteroatoms. The lowest BCUT2D eigenvalue weighted by atomic mass is 10.1. The van der Waals surface area contributed by atoms with Crippen molar-refractivity contribution >= 4 is 11.9 Å². The third kappa shape index (κ3) is 3.08. The van der Waals surface area contributed by atoms with Crippen LogP contribution < -0.4 is 0 Å². The van der Waals surface area contributed by atoms with Crippen molar-refractivity contribution in [3.05, 3.63) is 53.1 Å². The molecule has 1 heterocycles. The fourth-order valence-electron chi connectivity index (χ4n) is 1.88. The number of carboxylic acid groups (broad SMARTS) is 2. The molecule has 0 aliphatic heterocycles. The van der Waals surface area contributed by atoms with Crippen LogP contribution in [0.15, 0.2) is 30.6 Å². The number of imidazole rings is 1. The highest BCUT2D eigenvalue weighted by Gasteiger charge is 2.30. The molecule has 0 aliphatic carbocycles. The predicted molar refractivity (Wildman–Crippen MR) is 66.7 cm³/mol. The number of carboxylic acids is 2. The van der Waals surface area contributed by atoms with E-state index in [0.717, 1.165) is 23.0 Å². The van der Waals surface area contributed by atoms with Gasteiger partial charge in [-0.15, -0.1) is 0 Å². The minimum Gasteiger partial charge on any atom is -0.476 e. The summed E-state index contributed by atoms with van der Waals surface area (Å²) in [7, 11) is 0. The summed E-state index contributed by atoms with van der Waals surface area (Å²) < 4.78 is 38.4.